The van der Waals surface area contributed by atoms with Crippen molar-refractivity contribution in [1.82, 2.24) is 0 Å². The summed E-state index contributed by atoms with van der Waals surface area (Å²) < 4.78 is 5.03. The average molecular weight is 196 g/mol. The van der Waals surface area contributed by atoms with Gasteiger partial charge in [-0.25, -0.2) is 0 Å². The molecule has 0 spiro atoms. The maximum atomic E-state index is 11.0. The van der Waals surface area contributed by atoms with Gasteiger partial charge in [-0.1, -0.05) is 0 Å². The monoisotopic (exact) mass is 195 g/mol. The molecule has 0 aliphatic heterocycles. The minimum atomic E-state index is -0.397. The third kappa shape index (κ3) is 9.72. The van der Waals surface area contributed by atoms with Crippen LogP contribution in [-0.2, 0) is 9.53 Å². The first-order valence-electron chi connectivity index (χ1n) is 3.78. The Hall–Kier alpha value is -0.280. The van der Waals surface area contributed by atoms with E-state index in [9.17, 15) is 4.79 Å². The molecule has 0 rings (SSSR count). The number of carbonyl (C=O) groups is 1. The molecule has 0 radical (unpaired) electrons. The minimum absolute atomic E-state index is 0. The van der Waals surface area contributed by atoms with E-state index in [1.807, 2.05) is 20.8 Å². The van der Waals surface area contributed by atoms with Crippen LogP contribution in [0.25, 0.3) is 0 Å². The molecular formula is C8H18ClNO2. The van der Waals surface area contributed by atoms with Crippen molar-refractivity contribution in [2.24, 2.45) is 5.73 Å². The van der Waals surface area contributed by atoms with Crippen LogP contribution in [0, 0.1) is 0 Å². The number of rotatable bonds is 2. The largest absolute Gasteiger partial charge is 0.460 e. The van der Waals surface area contributed by atoms with Gasteiger partial charge in [0, 0.05) is 6.04 Å². The summed E-state index contributed by atoms with van der Waals surface area (Å²) in [5.41, 5.74) is 5.01. The molecule has 0 aromatic heterocycles. The second-order valence-corrected chi connectivity index (χ2v) is 3.77. The summed E-state index contributed by atoms with van der Waals surface area (Å²) in [4.78, 5) is 11.0. The van der Waals surface area contributed by atoms with E-state index in [0.29, 0.717) is 0 Å². The van der Waals surface area contributed by atoms with Crippen molar-refractivity contribution in [3.05, 3.63) is 0 Å². The molecule has 74 valence electrons. The van der Waals surface area contributed by atoms with Gasteiger partial charge in [-0.05, 0) is 27.7 Å². The number of ether oxygens (including phenoxy) is 1. The fourth-order valence-electron chi connectivity index (χ4n) is 0.646. The lowest BCUT2D eigenvalue weighted by atomic mass is 10.2. The lowest BCUT2D eigenvalue weighted by molar-refractivity contribution is -0.155. The first-order chi connectivity index (χ1) is 4.81. The van der Waals surface area contributed by atoms with Gasteiger partial charge in [0.25, 0.3) is 0 Å². The SMILES string of the molecule is C[C@@H](N)CC(=O)OC(C)(C)C.Cl. The summed E-state index contributed by atoms with van der Waals surface area (Å²) in [5.74, 6) is -0.229. The Kier molecular flexibility index (Phi) is 6.39. The van der Waals surface area contributed by atoms with Crippen LogP contribution in [0.5, 0.6) is 0 Å². The van der Waals surface area contributed by atoms with E-state index >= 15 is 0 Å². The number of halogens is 1. The molecule has 0 heterocycles. The van der Waals surface area contributed by atoms with Crippen molar-refractivity contribution >= 4 is 18.4 Å². The Morgan fingerprint density at radius 1 is 1.50 bits per heavy atom. The van der Waals surface area contributed by atoms with Crippen LogP contribution in [0.4, 0.5) is 0 Å². The number of hydrogen-bond donors (Lipinski definition) is 1. The lowest BCUT2D eigenvalue weighted by Gasteiger charge is -2.19. The molecule has 0 aromatic rings. The van der Waals surface area contributed by atoms with E-state index < -0.39 is 5.60 Å². The number of hydrogen-bond acceptors (Lipinski definition) is 3. The van der Waals surface area contributed by atoms with Gasteiger partial charge in [0.15, 0.2) is 0 Å². The van der Waals surface area contributed by atoms with Crippen molar-refractivity contribution in [2.75, 3.05) is 0 Å². The first kappa shape index (κ1) is 14.3. The zero-order chi connectivity index (χ0) is 9.07. The molecule has 0 saturated carbocycles. The average Bonchev–Trinajstić information content (AvgIpc) is 1.53. The molecule has 0 fully saturated rings. The molecule has 1 atom stereocenters. The Bertz CT molecular complexity index is 140. The van der Waals surface area contributed by atoms with Gasteiger partial charge >= 0.3 is 5.97 Å². The van der Waals surface area contributed by atoms with Crippen molar-refractivity contribution in [3.63, 3.8) is 0 Å². The Morgan fingerprint density at radius 3 is 2.17 bits per heavy atom. The van der Waals surface area contributed by atoms with E-state index in [2.05, 4.69) is 0 Å². The molecule has 12 heavy (non-hydrogen) atoms. The first-order valence-corrected chi connectivity index (χ1v) is 3.78. The number of carbonyl (C=O) groups excluding carboxylic acids is 1. The number of esters is 1. The molecule has 0 unspecified atom stereocenters. The third-order valence-electron chi connectivity index (χ3n) is 0.909. The smallest absolute Gasteiger partial charge is 0.307 e. The van der Waals surface area contributed by atoms with Gasteiger partial charge < -0.3 is 10.5 Å². The normalized spacial score (nSPS) is 13.1. The van der Waals surface area contributed by atoms with Gasteiger partial charge in [-0.15, -0.1) is 12.4 Å². The van der Waals surface area contributed by atoms with E-state index in [-0.39, 0.29) is 30.8 Å². The van der Waals surface area contributed by atoms with Crippen molar-refractivity contribution in [2.45, 2.75) is 45.8 Å². The molecule has 0 bridgehead atoms. The summed E-state index contributed by atoms with van der Waals surface area (Å²) in [6, 6.07) is -0.121. The van der Waals surface area contributed by atoms with Crippen LogP contribution in [0.15, 0.2) is 0 Å². The summed E-state index contributed by atoms with van der Waals surface area (Å²) in [6.45, 7) is 7.30. The van der Waals surface area contributed by atoms with Crippen LogP contribution < -0.4 is 5.73 Å². The molecule has 2 N–H and O–H groups in total. The summed E-state index contributed by atoms with van der Waals surface area (Å²) in [5, 5.41) is 0. The molecule has 3 nitrogen and oxygen atoms in total. The predicted octanol–water partition coefficient (Wildman–Crippen LogP) is 1.49. The molecule has 0 saturated heterocycles. The summed E-state index contributed by atoms with van der Waals surface area (Å²) in [6.07, 6.45) is 0.289. The van der Waals surface area contributed by atoms with E-state index in [0.717, 1.165) is 0 Å². The van der Waals surface area contributed by atoms with Crippen LogP contribution in [0.3, 0.4) is 0 Å². The molecule has 0 aromatic carbocycles. The fourth-order valence-corrected chi connectivity index (χ4v) is 0.646. The second kappa shape index (κ2) is 5.38. The topological polar surface area (TPSA) is 52.3 Å². The molecule has 4 heteroatoms. The molecular weight excluding hydrogens is 178 g/mol. The highest BCUT2D eigenvalue weighted by Gasteiger charge is 2.16. The Morgan fingerprint density at radius 2 is 1.92 bits per heavy atom. The van der Waals surface area contributed by atoms with E-state index in [4.69, 9.17) is 10.5 Å². The molecule has 0 amide bonds. The fraction of sp³-hybridized carbons (Fsp3) is 0.875. The third-order valence-corrected chi connectivity index (χ3v) is 0.909. The highest BCUT2D eigenvalue weighted by Crippen LogP contribution is 2.08. The second-order valence-electron chi connectivity index (χ2n) is 3.77. The van der Waals surface area contributed by atoms with Gasteiger partial charge in [0.1, 0.15) is 5.60 Å². The highest BCUT2D eigenvalue weighted by atomic mass is 35.5. The van der Waals surface area contributed by atoms with Crippen molar-refractivity contribution in [1.29, 1.82) is 0 Å². The van der Waals surface area contributed by atoms with Crippen LogP contribution in [-0.4, -0.2) is 17.6 Å². The van der Waals surface area contributed by atoms with Gasteiger partial charge in [0.05, 0.1) is 6.42 Å². The lowest BCUT2D eigenvalue weighted by Crippen LogP contribution is -2.28. The van der Waals surface area contributed by atoms with Gasteiger partial charge in [-0.2, -0.15) is 0 Å². The zero-order valence-electron chi connectivity index (χ0n) is 8.09. The van der Waals surface area contributed by atoms with Crippen LogP contribution >= 0.6 is 12.4 Å². The number of nitrogens with two attached hydrogens (primary N) is 1. The predicted molar refractivity (Wildman–Crippen MR) is 51.4 cm³/mol. The summed E-state index contributed by atoms with van der Waals surface area (Å²) >= 11 is 0. The van der Waals surface area contributed by atoms with E-state index in [1.54, 1.807) is 6.92 Å². The van der Waals surface area contributed by atoms with Gasteiger partial charge in [-0.3, -0.25) is 4.79 Å². The summed E-state index contributed by atoms with van der Waals surface area (Å²) in [7, 11) is 0. The van der Waals surface area contributed by atoms with Crippen molar-refractivity contribution in [3.8, 4) is 0 Å². The zero-order valence-corrected chi connectivity index (χ0v) is 8.90. The highest BCUT2D eigenvalue weighted by molar-refractivity contribution is 5.85. The van der Waals surface area contributed by atoms with Gasteiger partial charge in [0.2, 0.25) is 0 Å². The van der Waals surface area contributed by atoms with E-state index in [1.165, 1.54) is 0 Å². The maximum Gasteiger partial charge on any atom is 0.307 e. The molecule has 0 aliphatic carbocycles. The maximum absolute atomic E-state index is 11.0. The Balaban J connectivity index is 0. The van der Waals surface area contributed by atoms with Crippen LogP contribution in [0.1, 0.15) is 34.1 Å². The van der Waals surface area contributed by atoms with Crippen molar-refractivity contribution < 1.29 is 9.53 Å². The quantitative estimate of drug-likeness (QED) is 0.680. The van der Waals surface area contributed by atoms with Crippen LogP contribution in [0.2, 0.25) is 0 Å². The minimum Gasteiger partial charge on any atom is -0.460 e. The Labute approximate surface area is 80.1 Å². The molecule has 0 aliphatic rings. The standard InChI is InChI=1S/C8H17NO2.ClH/c1-6(9)5-7(10)11-8(2,3)4;/h6H,5,9H2,1-4H3;1H/t6-;/m1./s1.